The molecule has 0 aromatic heterocycles. The molecule has 0 fully saturated rings. The zero-order chi connectivity index (χ0) is 16.7. The molecule has 4 nitrogen and oxygen atoms in total. The van der Waals surface area contributed by atoms with Crippen LogP contribution in [0.4, 0.5) is 0 Å². The highest BCUT2D eigenvalue weighted by atomic mass is 16.5. The molecule has 0 radical (unpaired) electrons. The number of ketones is 1. The SMILES string of the molecule is COc1ccc2c(c1)OC(=CC1=Cc3ccccc3O[C@@H]1C)C2=O. The van der Waals surface area contributed by atoms with Gasteiger partial charge in [0.15, 0.2) is 5.76 Å². The average molecular weight is 320 g/mol. The lowest BCUT2D eigenvalue weighted by atomic mass is 10.0. The van der Waals surface area contributed by atoms with Crippen LogP contribution in [0.1, 0.15) is 22.8 Å². The fourth-order valence-electron chi connectivity index (χ4n) is 2.87. The molecule has 120 valence electrons. The first-order valence-corrected chi connectivity index (χ1v) is 7.75. The number of benzene rings is 2. The molecule has 0 spiro atoms. The topological polar surface area (TPSA) is 44.8 Å². The lowest BCUT2D eigenvalue weighted by Gasteiger charge is -2.22. The summed E-state index contributed by atoms with van der Waals surface area (Å²) in [4.78, 5) is 12.5. The van der Waals surface area contributed by atoms with Crippen LogP contribution in [0.25, 0.3) is 6.08 Å². The van der Waals surface area contributed by atoms with Crippen LogP contribution in [0.2, 0.25) is 0 Å². The molecule has 0 bridgehead atoms. The molecule has 2 aromatic rings. The van der Waals surface area contributed by atoms with Crippen molar-refractivity contribution < 1.29 is 19.0 Å². The number of allylic oxidation sites excluding steroid dienone is 1. The van der Waals surface area contributed by atoms with E-state index in [9.17, 15) is 4.79 Å². The highest BCUT2D eigenvalue weighted by molar-refractivity contribution is 6.12. The minimum atomic E-state index is -0.151. The Kier molecular flexibility index (Phi) is 3.38. The summed E-state index contributed by atoms with van der Waals surface area (Å²) < 4.78 is 16.8. The molecular weight excluding hydrogens is 304 g/mol. The second kappa shape index (κ2) is 5.57. The maximum absolute atomic E-state index is 12.5. The Morgan fingerprint density at radius 2 is 1.96 bits per heavy atom. The molecule has 0 saturated heterocycles. The van der Waals surface area contributed by atoms with Gasteiger partial charge in [0.2, 0.25) is 5.78 Å². The first-order chi connectivity index (χ1) is 11.7. The molecule has 4 heteroatoms. The Morgan fingerprint density at radius 3 is 2.79 bits per heavy atom. The lowest BCUT2D eigenvalue weighted by Crippen LogP contribution is -2.18. The molecule has 2 aromatic carbocycles. The molecule has 4 rings (SSSR count). The van der Waals surface area contributed by atoms with Crippen LogP contribution >= 0.6 is 0 Å². The van der Waals surface area contributed by atoms with Gasteiger partial charge in [0.1, 0.15) is 23.4 Å². The minimum Gasteiger partial charge on any atom is -0.497 e. The van der Waals surface area contributed by atoms with Crippen LogP contribution in [0.3, 0.4) is 0 Å². The summed E-state index contributed by atoms with van der Waals surface area (Å²) in [5, 5.41) is 0. The number of Topliss-reactive ketones (excluding diaryl/α,β-unsaturated/α-hetero) is 1. The Hall–Kier alpha value is -3.01. The van der Waals surface area contributed by atoms with Crippen LogP contribution in [-0.4, -0.2) is 19.0 Å². The van der Waals surface area contributed by atoms with Crippen molar-refractivity contribution in [2.75, 3.05) is 7.11 Å². The second-order valence-corrected chi connectivity index (χ2v) is 5.74. The zero-order valence-electron chi connectivity index (χ0n) is 13.4. The quantitative estimate of drug-likeness (QED) is 0.784. The van der Waals surface area contributed by atoms with Crippen LogP contribution < -0.4 is 14.2 Å². The lowest BCUT2D eigenvalue weighted by molar-refractivity contribution is 0.101. The van der Waals surface area contributed by atoms with Crippen molar-refractivity contribution in [3.05, 3.63) is 71.0 Å². The fraction of sp³-hybridized carbons (Fsp3) is 0.150. The number of para-hydroxylation sites is 1. The van der Waals surface area contributed by atoms with Crippen molar-refractivity contribution in [2.45, 2.75) is 13.0 Å². The standard InChI is InChI=1S/C20H16O4/c1-12-14(9-13-5-3-4-6-17(13)23-12)10-19-20(21)16-8-7-15(22-2)11-18(16)24-19/h3-12H,1-2H3/t12-/m1/s1. The molecule has 2 heterocycles. The second-order valence-electron chi connectivity index (χ2n) is 5.74. The maximum Gasteiger partial charge on any atom is 0.231 e. The van der Waals surface area contributed by atoms with E-state index in [4.69, 9.17) is 14.2 Å². The van der Waals surface area contributed by atoms with Crippen molar-refractivity contribution in [3.63, 3.8) is 0 Å². The van der Waals surface area contributed by atoms with Gasteiger partial charge in [0, 0.05) is 11.6 Å². The van der Waals surface area contributed by atoms with Gasteiger partial charge in [-0.2, -0.15) is 0 Å². The van der Waals surface area contributed by atoms with E-state index in [1.807, 2.05) is 37.3 Å². The molecule has 0 N–H and O–H groups in total. The Balaban J connectivity index is 1.70. The van der Waals surface area contributed by atoms with E-state index in [1.54, 1.807) is 31.4 Å². The zero-order valence-corrected chi connectivity index (χ0v) is 13.4. The summed E-state index contributed by atoms with van der Waals surface area (Å²) in [6.45, 7) is 1.95. The average Bonchev–Trinajstić information content (AvgIpc) is 2.90. The van der Waals surface area contributed by atoms with Crippen LogP contribution in [0.15, 0.2) is 59.9 Å². The van der Waals surface area contributed by atoms with Gasteiger partial charge in [-0.3, -0.25) is 4.79 Å². The summed E-state index contributed by atoms with van der Waals surface area (Å²) in [7, 11) is 1.58. The van der Waals surface area contributed by atoms with E-state index >= 15 is 0 Å². The predicted molar refractivity (Wildman–Crippen MR) is 90.5 cm³/mol. The number of ether oxygens (including phenoxy) is 3. The Morgan fingerprint density at radius 1 is 1.12 bits per heavy atom. The molecule has 1 atom stereocenters. The molecule has 0 unspecified atom stereocenters. The first-order valence-electron chi connectivity index (χ1n) is 7.75. The third kappa shape index (κ3) is 2.36. The molecule has 24 heavy (non-hydrogen) atoms. The molecule has 0 saturated carbocycles. The van der Waals surface area contributed by atoms with Gasteiger partial charge in [0.25, 0.3) is 0 Å². The normalized spacial score (nSPS) is 19.9. The maximum atomic E-state index is 12.5. The summed E-state index contributed by atoms with van der Waals surface area (Å²) in [5.41, 5.74) is 2.44. The third-order valence-corrected chi connectivity index (χ3v) is 4.19. The fourth-order valence-corrected chi connectivity index (χ4v) is 2.87. The summed E-state index contributed by atoms with van der Waals surface area (Å²) in [6.07, 6.45) is 3.63. The number of carbonyl (C=O) groups is 1. The van der Waals surface area contributed by atoms with Crippen molar-refractivity contribution in [3.8, 4) is 17.2 Å². The van der Waals surface area contributed by atoms with Crippen LogP contribution in [-0.2, 0) is 0 Å². The summed E-state index contributed by atoms with van der Waals surface area (Å²) >= 11 is 0. The van der Waals surface area contributed by atoms with E-state index in [2.05, 4.69) is 0 Å². The van der Waals surface area contributed by atoms with Gasteiger partial charge in [-0.1, -0.05) is 18.2 Å². The van der Waals surface area contributed by atoms with Gasteiger partial charge in [0.05, 0.1) is 12.7 Å². The third-order valence-electron chi connectivity index (χ3n) is 4.19. The first kappa shape index (κ1) is 14.6. The van der Waals surface area contributed by atoms with Gasteiger partial charge in [-0.25, -0.2) is 0 Å². The molecule has 0 aliphatic carbocycles. The molecule has 0 amide bonds. The van der Waals surface area contributed by atoms with Gasteiger partial charge < -0.3 is 14.2 Å². The van der Waals surface area contributed by atoms with Crippen molar-refractivity contribution in [1.82, 2.24) is 0 Å². The van der Waals surface area contributed by atoms with Gasteiger partial charge in [-0.05, 0) is 42.8 Å². The minimum absolute atomic E-state index is 0.125. The summed E-state index contributed by atoms with van der Waals surface area (Å²) in [6, 6.07) is 13.0. The summed E-state index contributed by atoms with van der Waals surface area (Å²) in [5.74, 6) is 2.21. The molecule has 2 aliphatic heterocycles. The Bertz CT molecular complexity index is 892. The number of hydrogen-bond donors (Lipinski definition) is 0. The number of carbonyl (C=O) groups excluding carboxylic acids is 1. The number of fused-ring (bicyclic) bond motifs is 2. The van der Waals surface area contributed by atoms with Crippen molar-refractivity contribution in [2.24, 2.45) is 0 Å². The smallest absolute Gasteiger partial charge is 0.231 e. The van der Waals surface area contributed by atoms with E-state index in [0.29, 0.717) is 22.8 Å². The highest BCUT2D eigenvalue weighted by Gasteiger charge is 2.29. The van der Waals surface area contributed by atoms with E-state index < -0.39 is 0 Å². The molecule has 2 aliphatic rings. The predicted octanol–water partition coefficient (Wildman–Crippen LogP) is 4.02. The van der Waals surface area contributed by atoms with E-state index in [-0.39, 0.29) is 11.9 Å². The van der Waals surface area contributed by atoms with Gasteiger partial charge in [-0.15, -0.1) is 0 Å². The number of methoxy groups -OCH3 is 1. The van der Waals surface area contributed by atoms with Crippen LogP contribution in [0.5, 0.6) is 17.2 Å². The van der Waals surface area contributed by atoms with Crippen molar-refractivity contribution >= 4 is 11.9 Å². The largest absolute Gasteiger partial charge is 0.497 e. The molecular formula is C20H16O4. The highest BCUT2D eigenvalue weighted by Crippen LogP contribution is 2.36. The number of hydrogen-bond acceptors (Lipinski definition) is 4. The monoisotopic (exact) mass is 320 g/mol. The Labute approximate surface area is 140 Å². The number of rotatable bonds is 2. The van der Waals surface area contributed by atoms with Crippen molar-refractivity contribution in [1.29, 1.82) is 0 Å². The van der Waals surface area contributed by atoms with E-state index in [1.165, 1.54) is 0 Å². The van der Waals surface area contributed by atoms with Gasteiger partial charge >= 0.3 is 0 Å². The van der Waals surface area contributed by atoms with E-state index in [0.717, 1.165) is 16.9 Å². The van der Waals surface area contributed by atoms with Crippen LogP contribution in [0, 0.1) is 0 Å².